The van der Waals surface area contributed by atoms with Gasteiger partial charge < -0.3 is 4.90 Å². The van der Waals surface area contributed by atoms with E-state index in [9.17, 15) is 14.4 Å². The first-order valence-corrected chi connectivity index (χ1v) is 11.1. The molecular weight excluding hydrogens is 400 g/mol. The molecular formula is C27H28N2O3. The molecule has 0 aliphatic carbocycles. The fraction of sp³-hybridized carbons (Fsp3) is 0.370. The van der Waals surface area contributed by atoms with Gasteiger partial charge in [-0.3, -0.25) is 14.4 Å². The van der Waals surface area contributed by atoms with Crippen LogP contribution in [0.3, 0.4) is 0 Å². The number of rotatable bonds is 2. The highest BCUT2D eigenvalue weighted by molar-refractivity contribution is 6.24. The van der Waals surface area contributed by atoms with Crippen LogP contribution in [0.5, 0.6) is 0 Å². The average Bonchev–Trinajstić information content (AvgIpc) is 3.20. The Morgan fingerprint density at radius 1 is 0.938 bits per heavy atom. The van der Waals surface area contributed by atoms with Gasteiger partial charge in [-0.2, -0.15) is 0 Å². The Labute approximate surface area is 188 Å². The second-order valence-electron chi connectivity index (χ2n) is 10.2. The van der Waals surface area contributed by atoms with Crippen LogP contribution in [0.25, 0.3) is 6.08 Å². The SMILES string of the molecule is Cc1ccc(N2C(=O)[C@@H]3[C@H](C2=O)[C@H](C(=O)C(C)(C)C)N2C=Cc4ccccc4[C@H]32)c(C)c1. The summed E-state index contributed by atoms with van der Waals surface area (Å²) in [6, 6.07) is 12.7. The summed E-state index contributed by atoms with van der Waals surface area (Å²) in [6.07, 6.45) is 3.88. The third kappa shape index (κ3) is 2.80. The zero-order chi connectivity index (χ0) is 22.9. The van der Waals surface area contributed by atoms with Gasteiger partial charge in [0.2, 0.25) is 11.8 Å². The van der Waals surface area contributed by atoms with Gasteiger partial charge in [-0.25, -0.2) is 4.90 Å². The Hall–Kier alpha value is -3.21. The molecule has 0 N–H and O–H groups in total. The zero-order valence-electron chi connectivity index (χ0n) is 19.1. The van der Waals surface area contributed by atoms with Gasteiger partial charge >= 0.3 is 0 Å². The summed E-state index contributed by atoms with van der Waals surface area (Å²) in [5.41, 5.74) is 3.97. The first kappa shape index (κ1) is 20.7. The molecule has 4 atom stereocenters. The number of imide groups is 1. The van der Waals surface area contributed by atoms with Crippen LogP contribution in [0.2, 0.25) is 0 Å². The van der Waals surface area contributed by atoms with Gasteiger partial charge in [0.05, 0.1) is 23.6 Å². The number of carbonyl (C=O) groups excluding carboxylic acids is 3. The molecule has 0 radical (unpaired) electrons. The monoisotopic (exact) mass is 428 g/mol. The number of hydrogen-bond acceptors (Lipinski definition) is 4. The van der Waals surface area contributed by atoms with E-state index in [1.54, 1.807) is 0 Å². The summed E-state index contributed by atoms with van der Waals surface area (Å²) in [4.78, 5) is 44.6. The van der Waals surface area contributed by atoms with Gasteiger partial charge in [0.1, 0.15) is 6.04 Å². The molecule has 164 valence electrons. The van der Waals surface area contributed by atoms with Gasteiger partial charge in [-0.05, 0) is 42.7 Å². The maximum absolute atomic E-state index is 13.9. The van der Waals surface area contributed by atoms with E-state index in [2.05, 4.69) is 0 Å². The largest absolute Gasteiger partial charge is 0.359 e. The van der Waals surface area contributed by atoms with Crippen LogP contribution in [0.4, 0.5) is 5.69 Å². The van der Waals surface area contributed by atoms with Crippen molar-refractivity contribution in [1.82, 2.24) is 4.90 Å². The molecule has 5 rings (SSSR count). The molecule has 3 heterocycles. The molecule has 3 aliphatic heterocycles. The lowest BCUT2D eigenvalue weighted by atomic mass is 9.79. The number of carbonyl (C=O) groups is 3. The summed E-state index contributed by atoms with van der Waals surface area (Å²) in [7, 11) is 0. The van der Waals surface area contributed by atoms with Gasteiger partial charge in [0.25, 0.3) is 0 Å². The predicted octanol–water partition coefficient (Wildman–Crippen LogP) is 4.43. The van der Waals surface area contributed by atoms with Crippen molar-refractivity contribution in [1.29, 1.82) is 0 Å². The number of aryl methyl sites for hydroxylation is 2. The molecule has 0 saturated carbocycles. The molecule has 2 saturated heterocycles. The van der Waals surface area contributed by atoms with E-state index >= 15 is 0 Å². The number of benzene rings is 2. The van der Waals surface area contributed by atoms with Gasteiger partial charge in [0, 0.05) is 11.6 Å². The van der Waals surface area contributed by atoms with Crippen LogP contribution in [0, 0.1) is 31.1 Å². The molecule has 0 aromatic heterocycles. The standard InChI is InChI=1S/C27H28N2O3/c1-15-10-11-19(16(2)14-15)29-25(31)20-21(26(29)32)23(24(30)27(3,4)5)28-13-12-17-8-6-7-9-18(17)22(20)28/h6-14,20-23H,1-5H3/t20-,21+,22-,23-/m1/s1. The maximum Gasteiger partial charge on any atom is 0.240 e. The van der Waals surface area contributed by atoms with Crippen molar-refractivity contribution in [3.05, 3.63) is 70.9 Å². The van der Waals surface area contributed by atoms with Crippen LogP contribution < -0.4 is 4.90 Å². The molecule has 2 aromatic carbocycles. The molecule has 0 bridgehead atoms. The van der Waals surface area contributed by atoms with Crippen molar-refractivity contribution >= 4 is 29.4 Å². The number of nitrogens with zero attached hydrogens (tertiary/aromatic N) is 2. The van der Waals surface area contributed by atoms with Gasteiger partial charge in [0.15, 0.2) is 5.78 Å². The van der Waals surface area contributed by atoms with Crippen molar-refractivity contribution in [2.75, 3.05) is 4.90 Å². The van der Waals surface area contributed by atoms with Crippen LogP contribution in [-0.4, -0.2) is 28.5 Å². The minimum Gasteiger partial charge on any atom is -0.359 e. The van der Waals surface area contributed by atoms with E-state index in [-0.39, 0.29) is 23.6 Å². The Morgan fingerprint density at radius 3 is 2.31 bits per heavy atom. The highest BCUT2D eigenvalue weighted by atomic mass is 16.2. The quantitative estimate of drug-likeness (QED) is 0.664. The van der Waals surface area contributed by atoms with E-state index < -0.39 is 23.3 Å². The fourth-order valence-corrected chi connectivity index (χ4v) is 5.59. The smallest absolute Gasteiger partial charge is 0.240 e. The van der Waals surface area contributed by atoms with E-state index in [1.165, 1.54) is 4.90 Å². The number of amides is 2. The summed E-state index contributed by atoms with van der Waals surface area (Å²) >= 11 is 0. The molecule has 2 aromatic rings. The summed E-state index contributed by atoms with van der Waals surface area (Å²) in [5.74, 6) is -1.78. The van der Waals surface area contributed by atoms with Crippen LogP contribution in [0.15, 0.2) is 48.7 Å². The number of anilines is 1. The highest BCUT2D eigenvalue weighted by Crippen LogP contribution is 2.54. The molecule has 2 fully saturated rings. The molecule has 0 spiro atoms. The fourth-order valence-electron chi connectivity index (χ4n) is 5.59. The Bertz CT molecular complexity index is 1190. The number of ketones is 1. The van der Waals surface area contributed by atoms with Crippen LogP contribution in [0.1, 0.15) is 49.1 Å². The topological polar surface area (TPSA) is 57.7 Å². The average molecular weight is 429 g/mol. The lowest BCUT2D eigenvalue weighted by Gasteiger charge is -2.37. The molecule has 0 unspecified atom stereocenters. The number of hydrogen-bond donors (Lipinski definition) is 0. The van der Waals surface area contributed by atoms with Crippen molar-refractivity contribution in [3.63, 3.8) is 0 Å². The lowest BCUT2D eigenvalue weighted by molar-refractivity contribution is -0.135. The second-order valence-corrected chi connectivity index (χ2v) is 10.2. The maximum atomic E-state index is 13.9. The molecule has 5 nitrogen and oxygen atoms in total. The first-order chi connectivity index (χ1) is 15.1. The van der Waals surface area contributed by atoms with Crippen LogP contribution >= 0.6 is 0 Å². The van der Waals surface area contributed by atoms with Crippen LogP contribution in [-0.2, 0) is 14.4 Å². The predicted molar refractivity (Wildman–Crippen MR) is 124 cm³/mol. The number of fused-ring (bicyclic) bond motifs is 5. The third-order valence-corrected chi connectivity index (χ3v) is 7.06. The van der Waals surface area contributed by atoms with Crippen molar-refractivity contribution in [3.8, 4) is 0 Å². The Morgan fingerprint density at radius 2 is 1.62 bits per heavy atom. The van der Waals surface area contributed by atoms with E-state index in [4.69, 9.17) is 0 Å². The van der Waals surface area contributed by atoms with E-state index in [1.807, 2.05) is 94.3 Å². The van der Waals surface area contributed by atoms with Gasteiger partial charge in [-0.1, -0.05) is 62.7 Å². The minimum atomic E-state index is -0.698. The lowest BCUT2D eigenvalue weighted by Crippen LogP contribution is -2.47. The van der Waals surface area contributed by atoms with E-state index in [0.717, 1.165) is 22.3 Å². The number of Topliss-reactive ketones (excluding diaryl/α,β-unsaturated/α-hetero) is 1. The van der Waals surface area contributed by atoms with Crippen molar-refractivity contribution in [2.24, 2.45) is 17.3 Å². The third-order valence-electron chi connectivity index (χ3n) is 7.06. The summed E-state index contributed by atoms with van der Waals surface area (Å²) in [6.45, 7) is 9.54. The molecule has 32 heavy (non-hydrogen) atoms. The van der Waals surface area contributed by atoms with Crippen molar-refractivity contribution < 1.29 is 14.4 Å². The summed E-state index contributed by atoms with van der Waals surface area (Å²) < 4.78 is 0. The Kier molecular flexibility index (Phi) is 4.45. The highest BCUT2D eigenvalue weighted by Gasteiger charge is 2.65. The zero-order valence-corrected chi connectivity index (χ0v) is 19.1. The summed E-state index contributed by atoms with van der Waals surface area (Å²) in [5, 5.41) is 0. The molecule has 2 amide bonds. The van der Waals surface area contributed by atoms with E-state index in [0.29, 0.717) is 5.69 Å². The van der Waals surface area contributed by atoms with Crippen molar-refractivity contribution in [2.45, 2.75) is 46.7 Å². The van der Waals surface area contributed by atoms with Gasteiger partial charge in [-0.15, -0.1) is 0 Å². The molecule has 5 heteroatoms. The molecule has 3 aliphatic rings. The minimum absolute atomic E-state index is 0.0114. The first-order valence-electron chi connectivity index (χ1n) is 11.1. The Balaban J connectivity index is 1.68. The normalized spacial score (nSPS) is 26.3. The second kappa shape index (κ2) is 6.89.